The number of ether oxygens (including phenoxy) is 1. The second-order valence-corrected chi connectivity index (χ2v) is 8.62. The van der Waals surface area contributed by atoms with E-state index in [2.05, 4.69) is 15.6 Å². The van der Waals surface area contributed by atoms with E-state index in [-0.39, 0.29) is 5.91 Å². The molecule has 0 aliphatic rings. The van der Waals surface area contributed by atoms with Crippen LogP contribution in [0.4, 0.5) is 9.93 Å². The number of hydrogen-bond acceptors (Lipinski definition) is 6. The Morgan fingerprint density at radius 3 is 2.50 bits per heavy atom. The molecule has 0 fully saturated rings. The Hall–Kier alpha value is -2.45. The van der Waals surface area contributed by atoms with E-state index in [0.717, 1.165) is 11.3 Å². The molecule has 0 spiro atoms. The van der Waals surface area contributed by atoms with E-state index in [4.69, 9.17) is 4.74 Å². The van der Waals surface area contributed by atoms with Crippen molar-refractivity contribution < 1.29 is 14.3 Å². The molecule has 0 bridgehead atoms. The summed E-state index contributed by atoms with van der Waals surface area (Å²) in [5, 5.41) is 7.89. The van der Waals surface area contributed by atoms with E-state index in [9.17, 15) is 9.59 Å². The summed E-state index contributed by atoms with van der Waals surface area (Å²) in [6, 6.07) is 8.74. The fraction of sp³-hybridized carbons (Fsp3) is 0.450. The fourth-order valence-corrected chi connectivity index (χ4v) is 3.17. The summed E-state index contributed by atoms with van der Waals surface area (Å²) >= 11 is 1.36. The third-order valence-corrected chi connectivity index (χ3v) is 4.36. The highest BCUT2D eigenvalue weighted by Gasteiger charge is 2.25. The number of thiazole rings is 1. The van der Waals surface area contributed by atoms with Gasteiger partial charge in [0.05, 0.1) is 5.69 Å². The number of amides is 2. The molecule has 1 heterocycles. The first-order chi connectivity index (χ1) is 13.1. The van der Waals surface area contributed by atoms with E-state index in [1.165, 1.54) is 11.3 Å². The van der Waals surface area contributed by atoms with Crippen LogP contribution in [0.15, 0.2) is 35.7 Å². The Balaban J connectivity index is 2.09. The van der Waals surface area contributed by atoms with Crippen molar-refractivity contribution in [1.82, 2.24) is 15.2 Å². The molecule has 0 radical (unpaired) electrons. The zero-order valence-electron chi connectivity index (χ0n) is 17.0. The number of carbonyl (C=O) groups is 2. The summed E-state index contributed by atoms with van der Waals surface area (Å²) in [6.07, 6.45) is -0.280. The zero-order valence-corrected chi connectivity index (χ0v) is 17.8. The Morgan fingerprint density at radius 1 is 1.21 bits per heavy atom. The summed E-state index contributed by atoms with van der Waals surface area (Å²) in [7, 11) is 3.91. The molecule has 0 saturated heterocycles. The van der Waals surface area contributed by atoms with Crippen LogP contribution in [0, 0.1) is 0 Å². The molecular weight excluding hydrogens is 376 g/mol. The Morgan fingerprint density at radius 2 is 1.89 bits per heavy atom. The normalized spacial score (nSPS) is 12.5. The van der Waals surface area contributed by atoms with Gasteiger partial charge in [0.1, 0.15) is 11.6 Å². The number of carbonyl (C=O) groups excluding carboxylic acids is 2. The van der Waals surface area contributed by atoms with E-state index in [0.29, 0.717) is 18.1 Å². The summed E-state index contributed by atoms with van der Waals surface area (Å²) in [6.45, 7) is 6.03. The number of nitrogens with one attached hydrogen (secondary N) is 2. The molecule has 2 aromatic rings. The Labute approximate surface area is 170 Å². The maximum atomic E-state index is 12.8. The number of hydrogen-bond donors (Lipinski definition) is 2. The minimum absolute atomic E-state index is 0.333. The first kappa shape index (κ1) is 21.8. The molecule has 8 heteroatoms. The number of alkyl carbamates (subject to hydrolysis) is 1. The average molecular weight is 405 g/mol. The molecule has 0 aliphatic carbocycles. The molecule has 1 aromatic carbocycles. The lowest BCUT2D eigenvalue weighted by Gasteiger charge is -2.23. The van der Waals surface area contributed by atoms with Gasteiger partial charge in [-0.2, -0.15) is 0 Å². The molecular formula is C20H28N4O3S. The quantitative estimate of drug-likeness (QED) is 0.740. The van der Waals surface area contributed by atoms with Gasteiger partial charge in [0, 0.05) is 18.3 Å². The monoisotopic (exact) mass is 404 g/mol. The fourth-order valence-electron chi connectivity index (χ4n) is 2.46. The van der Waals surface area contributed by atoms with E-state index in [1.54, 1.807) is 20.8 Å². The summed E-state index contributed by atoms with van der Waals surface area (Å²) < 4.78 is 5.31. The van der Waals surface area contributed by atoms with E-state index < -0.39 is 17.7 Å². The highest BCUT2D eigenvalue weighted by atomic mass is 32.1. The average Bonchev–Trinajstić information content (AvgIpc) is 2.99. The molecule has 1 aromatic heterocycles. The lowest BCUT2D eigenvalue weighted by molar-refractivity contribution is -0.118. The Bertz CT molecular complexity index is 784. The van der Waals surface area contributed by atoms with E-state index >= 15 is 0 Å². The van der Waals surface area contributed by atoms with Crippen molar-refractivity contribution >= 4 is 28.5 Å². The maximum absolute atomic E-state index is 12.8. The van der Waals surface area contributed by atoms with Crippen molar-refractivity contribution in [2.24, 2.45) is 0 Å². The topological polar surface area (TPSA) is 83.6 Å². The van der Waals surface area contributed by atoms with Gasteiger partial charge in [-0.15, -0.1) is 11.3 Å². The van der Waals surface area contributed by atoms with Gasteiger partial charge in [-0.05, 0) is 40.4 Å². The van der Waals surface area contributed by atoms with Gasteiger partial charge < -0.3 is 20.3 Å². The molecule has 7 nitrogen and oxygen atoms in total. The van der Waals surface area contributed by atoms with Crippen molar-refractivity contribution in [3.05, 3.63) is 47.0 Å². The van der Waals surface area contributed by atoms with Gasteiger partial charge >= 0.3 is 6.09 Å². The van der Waals surface area contributed by atoms with Gasteiger partial charge in [0.25, 0.3) is 0 Å². The molecule has 1 atom stereocenters. The van der Waals surface area contributed by atoms with Gasteiger partial charge in [-0.3, -0.25) is 4.79 Å². The SMILES string of the molecule is CN(C)Cc1csc(NC(=O)C(Cc2ccccc2)NC(=O)OC(C)(C)C)n1. The highest BCUT2D eigenvalue weighted by Crippen LogP contribution is 2.17. The van der Waals surface area contributed by atoms with Crippen molar-refractivity contribution in [3.8, 4) is 0 Å². The lowest BCUT2D eigenvalue weighted by atomic mass is 10.1. The van der Waals surface area contributed by atoms with Crippen molar-refractivity contribution in [2.45, 2.75) is 45.4 Å². The molecule has 0 aliphatic heterocycles. The van der Waals surface area contributed by atoms with Crippen LogP contribution in [0.3, 0.4) is 0 Å². The maximum Gasteiger partial charge on any atom is 0.408 e. The summed E-state index contributed by atoms with van der Waals surface area (Å²) in [5.74, 6) is -0.333. The lowest BCUT2D eigenvalue weighted by Crippen LogP contribution is -2.47. The van der Waals surface area contributed by atoms with Crippen LogP contribution in [0.1, 0.15) is 32.0 Å². The molecule has 28 heavy (non-hydrogen) atoms. The number of nitrogens with zero attached hydrogens (tertiary/aromatic N) is 2. The largest absolute Gasteiger partial charge is 0.444 e. The van der Waals surface area contributed by atoms with Crippen LogP contribution in [0.25, 0.3) is 0 Å². The number of rotatable bonds is 7. The van der Waals surface area contributed by atoms with Gasteiger partial charge in [-0.1, -0.05) is 30.3 Å². The minimum Gasteiger partial charge on any atom is -0.444 e. The number of anilines is 1. The Kier molecular flexibility index (Phi) is 7.53. The van der Waals surface area contributed by atoms with Gasteiger partial charge in [0.2, 0.25) is 5.91 Å². The van der Waals surface area contributed by atoms with E-state index in [1.807, 2.05) is 54.7 Å². The molecule has 0 saturated carbocycles. The van der Waals surface area contributed by atoms with Crippen molar-refractivity contribution in [1.29, 1.82) is 0 Å². The number of aromatic nitrogens is 1. The first-order valence-corrected chi connectivity index (χ1v) is 9.94. The highest BCUT2D eigenvalue weighted by molar-refractivity contribution is 7.13. The van der Waals surface area contributed by atoms with Crippen LogP contribution < -0.4 is 10.6 Å². The first-order valence-electron chi connectivity index (χ1n) is 9.06. The predicted molar refractivity (Wildman–Crippen MR) is 111 cm³/mol. The molecule has 2 amide bonds. The zero-order chi connectivity index (χ0) is 20.7. The van der Waals surface area contributed by atoms with Crippen LogP contribution in [0.2, 0.25) is 0 Å². The summed E-state index contributed by atoms with van der Waals surface area (Å²) in [5.41, 5.74) is 1.17. The second-order valence-electron chi connectivity index (χ2n) is 7.76. The summed E-state index contributed by atoms with van der Waals surface area (Å²) in [4.78, 5) is 31.5. The molecule has 2 N–H and O–H groups in total. The third-order valence-electron chi connectivity index (χ3n) is 3.55. The smallest absolute Gasteiger partial charge is 0.408 e. The van der Waals surface area contributed by atoms with Crippen molar-refractivity contribution in [3.63, 3.8) is 0 Å². The molecule has 2 rings (SSSR count). The van der Waals surface area contributed by atoms with Crippen LogP contribution in [0.5, 0.6) is 0 Å². The minimum atomic E-state index is -0.779. The van der Waals surface area contributed by atoms with Crippen LogP contribution in [-0.2, 0) is 22.5 Å². The van der Waals surface area contributed by atoms with Crippen LogP contribution in [-0.4, -0.2) is 47.6 Å². The standard InChI is InChI=1S/C20H28N4O3S/c1-20(2,3)27-19(26)22-16(11-14-9-7-6-8-10-14)17(25)23-18-21-15(13-28-18)12-24(4)5/h6-10,13,16H,11-12H2,1-5H3,(H,22,26)(H,21,23,25). The molecule has 152 valence electrons. The molecule has 1 unspecified atom stereocenters. The second kappa shape index (κ2) is 9.66. The van der Waals surface area contributed by atoms with Gasteiger partial charge in [0.15, 0.2) is 5.13 Å². The predicted octanol–water partition coefficient (Wildman–Crippen LogP) is 3.28. The third kappa shape index (κ3) is 7.66. The number of benzene rings is 1. The van der Waals surface area contributed by atoms with Gasteiger partial charge in [-0.25, -0.2) is 9.78 Å². The van der Waals surface area contributed by atoms with Crippen LogP contribution >= 0.6 is 11.3 Å². The van der Waals surface area contributed by atoms with Crippen molar-refractivity contribution in [2.75, 3.05) is 19.4 Å².